The van der Waals surface area contributed by atoms with E-state index >= 15 is 0 Å². The molecule has 1 amide bonds. The van der Waals surface area contributed by atoms with Gasteiger partial charge in [-0.25, -0.2) is 0 Å². The first-order valence-electron chi connectivity index (χ1n) is 8.44. The number of rotatable bonds is 4. The van der Waals surface area contributed by atoms with Crippen molar-refractivity contribution in [3.05, 3.63) is 53.0 Å². The van der Waals surface area contributed by atoms with Gasteiger partial charge < -0.3 is 14.8 Å². The van der Waals surface area contributed by atoms with E-state index in [0.717, 1.165) is 6.07 Å². The molecule has 0 radical (unpaired) electrons. The van der Waals surface area contributed by atoms with E-state index in [1.54, 1.807) is 18.2 Å². The molecule has 5 nitrogen and oxygen atoms in total. The van der Waals surface area contributed by atoms with Crippen LogP contribution in [0.15, 0.2) is 34.9 Å². The molecule has 0 unspecified atom stereocenters. The second-order valence-electron chi connectivity index (χ2n) is 5.26. The monoisotopic (exact) mass is 340 g/mol. The SMILES string of the molecule is [2H]C([2H])([2H])c1cc2cc(CNC(=O)c3cc(CC(F)(F)F)no3)ccc2[nH]1. The van der Waals surface area contributed by atoms with Crippen LogP contribution >= 0.6 is 0 Å². The quantitative estimate of drug-likeness (QED) is 0.764. The molecule has 0 saturated heterocycles. The van der Waals surface area contributed by atoms with E-state index in [1.807, 2.05) is 0 Å². The van der Waals surface area contributed by atoms with Gasteiger partial charge >= 0.3 is 6.18 Å². The summed E-state index contributed by atoms with van der Waals surface area (Å²) >= 11 is 0. The number of aromatic nitrogens is 2. The fraction of sp³-hybridized carbons (Fsp3) is 0.250. The number of carbonyl (C=O) groups is 1. The summed E-state index contributed by atoms with van der Waals surface area (Å²) in [5.74, 6) is -1.02. The zero-order valence-corrected chi connectivity index (χ0v) is 12.2. The van der Waals surface area contributed by atoms with E-state index in [9.17, 15) is 18.0 Å². The van der Waals surface area contributed by atoms with E-state index < -0.39 is 25.4 Å². The van der Waals surface area contributed by atoms with E-state index in [0.29, 0.717) is 16.5 Å². The summed E-state index contributed by atoms with van der Waals surface area (Å²) in [5, 5.41) is 6.42. The maximum atomic E-state index is 12.3. The lowest BCUT2D eigenvalue weighted by Crippen LogP contribution is -2.22. The van der Waals surface area contributed by atoms with Crippen LogP contribution in [0.4, 0.5) is 13.2 Å². The summed E-state index contributed by atoms with van der Waals surface area (Å²) in [6.07, 6.45) is -5.72. The van der Waals surface area contributed by atoms with Gasteiger partial charge in [0.1, 0.15) is 0 Å². The first-order valence-corrected chi connectivity index (χ1v) is 6.94. The normalized spacial score (nSPS) is 14.2. The highest BCUT2D eigenvalue weighted by atomic mass is 19.4. The molecule has 0 fully saturated rings. The molecule has 0 atom stereocenters. The molecule has 2 aromatic heterocycles. The van der Waals surface area contributed by atoms with Crippen LogP contribution in [0, 0.1) is 6.85 Å². The Labute approximate surface area is 139 Å². The van der Waals surface area contributed by atoms with E-state index in [4.69, 9.17) is 4.11 Å². The molecular weight excluding hydrogens is 323 g/mol. The second kappa shape index (κ2) is 6.03. The molecule has 126 valence electrons. The lowest BCUT2D eigenvalue weighted by molar-refractivity contribution is -0.128. The van der Waals surface area contributed by atoms with Gasteiger partial charge in [-0.2, -0.15) is 13.2 Å². The molecule has 2 heterocycles. The largest absolute Gasteiger partial charge is 0.394 e. The van der Waals surface area contributed by atoms with Crippen LogP contribution in [0.3, 0.4) is 0 Å². The van der Waals surface area contributed by atoms with Crippen molar-refractivity contribution in [2.45, 2.75) is 26.0 Å². The number of aromatic amines is 1. The molecule has 0 bridgehead atoms. The third kappa shape index (κ3) is 3.76. The third-order valence-corrected chi connectivity index (χ3v) is 3.30. The van der Waals surface area contributed by atoms with Crippen molar-refractivity contribution in [3.63, 3.8) is 0 Å². The van der Waals surface area contributed by atoms with Gasteiger partial charge in [0.25, 0.3) is 5.91 Å². The van der Waals surface area contributed by atoms with Gasteiger partial charge in [0.15, 0.2) is 0 Å². The highest BCUT2D eigenvalue weighted by Gasteiger charge is 2.30. The Morgan fingerprint density at radius 2 is 2.21 bits per heavy atom. The Bertz CT molecular complexity index is 977. The molecule has 8 heteroatoms. The molecule has 0 spiro atoms. The molecule has 0 aliphatic heterocycles. The second-order valence-corrected chi connectivity index (χ2v) is 5.26. The molecule has 0 aliphatic rings. The number of carbonyl (C=O) groups excluding carboxylic acids is 1. The predicted molar refractivity (Wildman–Crippen MR) is 80.5 cm³/mol. The smallest absolute Gasteiger partial charge is 0.359 e. The van der Waals surface area contributed by atoms with Gasteiger partial charge in [-0.3, -0.25) is 4.79 Å². The van der Waals surface area contributed by atoms with E-state index in [2.05, 4.69) is 20.0 Å². The average molecular weight is 340 g/mol. The fourth-order valence-electron chi connectivity index (χ4n) is 2.27. The van der Waals surface area contributed by atoms with E-state index in [1.165, 1.54) is 6.07 Å². The third-order valence-electron chi connectivity index (χ3n) is 3.30. The first kappa shape index (κ1) is 12.6. The van der Waals surface area contributed by atoms with Gasteiger partial charge in [0.05, 0.1) is 12.1 Å². The van der Waals surface area contributed by atoms with Gasteiger partial charge in [-0.1, -0.05) is 11.2 Å². The van der Waals surface area contributed by atoms with Gasteiger partial charge in [0.2, 0.25) is 5.76 Å². The minimum atomic E-state index is -4.44. The summed E-state index contributed by atoms with van der Waals surface area (Å²) in [5.41, 5.74) is 1.06. The molecule has 24 heavy (non-hydrogen) atoms. The predicted octanol–water partition coefficient (Wildman–Crippen LogP) is 3.50. The highest BCUT2D eigenvalue weighted by molar-refractivity contribution is 5.91. The van der Waals surface area contributed by atoms with Crippen LogP contribution in [-0.4, -0.2) is 22.2 Å². The zero-order chi connectivity index (χ0) is 19.8. The maximum absolute atomic E-state index is 12.3. The van der Waals surface area contributed by atoms with Crippen molar-refractivity contribution < 1.29 is 26.6 Å². The molecule has 1 aromatic carbocycles. The number of nitrogens with zero attached hydrogens (tertiary/aromatic N) is 1. The number of fused-ring (bicyclic) bond motifs is 1. The number of amides is 1. The summed E-state index contributed by atoms with van der Waals surface area (Å²) in [6.45, 7) is -2.17. The molecular formula is C16H14F3N3O2. The highest BCUT2D eigenvalue weighted by Crippen LogP contribution is 2.21. The first-order chi connectivity index (χ1) is 12.5. The Morgan fingerprint density at radius 3 is 2.96 bits per heavy atom. The standard InChI is InChI=1S/C16H14F3N3O2/c1-9-4-11-5-10(2-3-13(11)21-9)8-20-15(23)14-6-12(22-24-14)7-16(17,18)19/h2-6,21H,7-8H2,1H3,(H,20,23)/i1D3. The van der Waals surface area contributed by atoms with Crippen molar-refractivity contribution >= 4 is 16.8 Å². The number of benzene rings is 1. The van der Waals surface area contributed by atoms with Gasteiger partial charge in [-0.05, 0) is 36.0 Å². The zero-order valence-electron chi connectivity index (χ0n) is 15.2. The number of hydrogen-bond donors (Lipinski definition) is 2. The number of hydrogen-bond acceptors (Lipinski definition) is 3. The van der Waals surface area contributed by atoms with Crippen molar-refractivity contribution in [1.82, 2.24) is 15.5 Å². The van der Waals surface area contributed by atoms with Crippen molar-refractivity contribution in [2.24, 2.45) is 0 Å². The number of nitrogens with one attached hydrogen (secondary N) is 2. The lowest BCUT2D eigenvalue weighted by Gasteiger charge is -2.03. The molecule has 0 saturated carbocycles. The van der Waals surface area contributed by atoms with Crippen LogP contribution in [0.25, 0.3) is 10.9 Å². The number of H-pyrrole nitrogens is 1. The van der Waals surface area contributed by atoms with Crippen LogP contribution < -0.4 is 5.32 Å². The Morgan fingerprint density at radius 1 is 1.38 bits per heavy atom. The van der Waals surface area contributed by atoms with Gasteiger partial charge in [0, 0.05) is 27.9 Å². The number of alkyl halides is 3. The fourth-order valence-corrected chi connectivity index (χ4v) is 2.27. The maximum Gasteiger partial charge on any atom is 0.394 e. The van der Waals surface area contributed by atoms with E-state index in [-0.39, 0.29) is 23.7 Å². The average Bonchev–Trinajstić information content (AvgIpc) is 3.16. The summed E-state index contributed by atoms with van der Waals surface area (Å²) in [4.78, 5) is 14.8. The molecule has 2 N–H and O–H groups in total. The Hall–Kier alpha value is -2.77. The minimum Gasteiger partial charge on any atom is -0.359 e. The Balaban J connectivity index is 1.66. The lowest BCUT2D eigenvalue weighted by atomic mass is 10.1. The molecule has 3 rings (SSSR count). The topological polar surface area (TPSA) is 70.9 Å². The number of aryl methyl sites for hydroxylation is 1. The number of halogens is 3. The van der Waals surface area contributed by atoms with Crippen molar-refractivity contribution in [1.29, 1.82) is 0 Å². The molecule has 3 aromatic rings. The molecule has 0 aliphatic carbocycles. The van der Waals surface area contributed by atoms with Crippen LogP contribution in [0.1, 0.15) is 31.6 Å². The van der Waals surface area contributed by atoms with Gasteiger partial charge in [-0.15, -0.1) is 0 Å². The van der Waals surface area contributed by atoms with Crippen LogP contribution in [0.2, 0.25) is 0 Å². The van der Waals surface area contributed by atoms with Crippen LogP contribution in [-0.2, 0) is 13.0 Å². The van der Waals surface area contributed by atoms with Crippen molar-refractivity contribution in [2.75, 3.05) is 0 Å². The Kier molecular flexibility index (Phi) is 3.17. The van der Waals surface area contributed by atoms with Crippen LogP contribution in [0.5, 0.6) is 0 Å². The summed E-state index contributed by atoms with van der Waals surface area (Å²) in [6, 6.07) is 7.53. The minimum absolute atomic E-state index is 0.0817. The summed E-state index contributed by atoms with van der Waals surface area (Å²) in [7, 11) is 0. The van der Waals surface area contributed by atoms with Crippen molar-refractivity contribution in [3.8, 4) is 0 Å². The summed E-state index contributed by atoms with van der Waals surface area (Å²) < 4.78 is 63.8.